The number of carbonyl (C=O) groups excluding carboxylic acids is 1. The van der Waals surface area contributed by atoms with Gasteiger partial charge in [-0.15, -0.1) is 0 Å². The Kier molecular flexibility index (Phi) is 4.07. The third-order valence-corrected chi connectivity index (χ3v) is 2.64. The van der Waals surface area contributed by atoms with Gasteiger partial charge in [-0.2, -0.15) is 0 Å². The summed E-state index contributed by atoms with van der Waals surface area (Å²) in [7, 11) is 0. The van der Waals surface area contributed by atoms with Crippen molar-refractivity contribution in [3.8, 4) is 0 Å². The predicted octanol–water partition coefficient (Wildman–Crippen LogP) is 3.10. The van der Waals surface area contributed by atoms with E-state index in [4.69, 9.17) is 0 Å². The van der Waals surface area contributed by atoms with Crippen molar-refractivity contribution in [2.24, 2.45) is 0 Å². The van der Waals surface area contributed by atoms with Crippen molar-refractivity contribution in [2.75, 3.05) is 5.32 Å². The minimum absolute atomic E-state index is 0.336. The molecular weight excluding hydrogens is 245 g/mol. The lowest BCUT2D eigenvalue weighted by atomic mass is 10.1. The van der Waals surface area contributed by atoms with Crippen molar-refractivity contribution in [1.29, 1.82) is 0 Å². The fraction of sp³-hybridized carbons (Fsp3) is 0.143. The Labute approximate surface area is 110 Å². The molecular formula is C14H14FN3O. The third kappa shape index (κ3) is 3.51. The molecule has 1 aromatic heterocycles. The first-order chi connectivity index (χ1) is 9.16. The second-order valence-corrected chi connectivity index (χ2v) is 4.08. The summed E-state index contributed by atoms with van der Waals surface area (Å²) >= 11 is 0. The van der Waals surface area contributed by atoms with Gasteiger partial charge in [-0.1, -0.05) is 18.2 Å². The summed E-state index contributed by atoms with van der Waals surface area (Å²) in [6.45, 7) is 1.72. The molecule has 1 atom stereocenters. The van der Waals surface area contributed by atoms with E-state index in [9.17, 15) is 9.18 Å². The maximum atomic E-state index is 13.5. The molecule has 0 aliphatic rings. The fourth-order valence-corrected chi connectivity index (χ4v) is 1.70. The number of anilines is 1. The highest BCUT2D eigenvalue weighted by Gasteiger charge is 2.12. The lowest BCUT2D eigenvalue weighted by Gasteiger charge is -2.15. The van der Waals surface area contributed by atoms with Crippen molar-refractivity contribution < 1.29 is 9.18 Å². The summed E-state index contributed by atoms with van der Waals surface area (Å²) in [6.07, 6.45) is 3.15. The van der Waals surface area contributed by atoms with Crippen LogP contribution in [0.25, 0.3) is 0 Å². The molecule has 0 spiro atoms. The number of aromatic nitrogens is 1. The Morgan fingerprint density at radius 3 is 2.74 bits per heavy atom. The highest BCUT2D eigenvalue weighted by molar-refractivity contribution is 5.89. The van der Waals surface area contributed by atoms with Crippen LogP contribution in [0.1, 0.15) is 18.5 Å². The van der Waals surface area contributed by atoms with E-state index >= 15 is 0 Å². The number of hydrogen-bond acceptors (Lipinski definition) is 2. The van der Waals surface area contributed by atoms with Crippen molar-refractivity contribution in [1.82, 2.24) is 10.3 Å². The van der Waals surface area contributed by atoms with E-state index in [1.165, 1.54) is 12.3 Å². The highest BCUT2D eigenvalue weighted by Crippen LogP contribution is 2.16. The number of nitrogens with one attached hydrogen (secondary N) is 2. The molecule has 2 rings (SSSR count). The molecule has 98 valence electrons. The normalized spacial score (nSPS) is 11.7. The number of carbonyl (C=O) groups is 1. The minimum Gasteiger partial charge on any atom is -0.331 e. The third-order valence-electron chi connectivity index (χ3n) is 2.64. The van der Waals surface area contributed by atoms with Crippen LogP contribution >= 0.6 is 0 Å². The van der Waals surface area contributed by atoms with E-state index in [-0.39, 0.29) is 5.82 Å². The topological polar surface area (TPSA) is 54.0 Å². The molecule has 4 nitrogen and oxygen atoms in total. The highest BCUT2D eigenvalue weighted by atomic mass is 19.1. The molecule has 2 N–H and O–H groups in total. The number of pyridine rings is 1. The predicted molar refractivity (Wildman–Crippen MR) is 71.2 cm³/mol. The lowest BCUT2D eigenvalue weighted by molar-refractivity contribution is 0.249. The number of urea groups is 1. The van der Waals surface area contributed by atoms with E-state index < -0.39 is 12.1 Å². The van der Waals surface area contributed by atoms with Gasteiger partial charge in [-0.05, 0) is 25.1 Å². The van der Waals surface area contributed by atoms with E-state index in [1.54, 1.807) is 43.5 Å². The van der Waals surface area contributed by atoms with Gasteiger partial charge in [0, 0.05) is 11.8 Å². The van der Waals surface area contributed by atoms with Crippen molar-refractivity contribution >= 4 is 11.7 Å². The second kappa shape index (κ2) is 5.95. The Bertz CT molecular complexity index is 560. The van der Waals surface area contributed by atoms with E-state index in [1.807, 2.05) is 0 Å². The van der Waals surface area contributed by atoms with Crippen molar-refractivity contribution in [2.45, 2.75) is 13.0 Å². The Morgan fingerprint density at radius 1 is 1.26 bits per heavy atom. The largest absolute Gasteiger partial charge is 0.331 e. The van der Waals surface area contributed by atoms with Crippen LogP contribution in [0.5, 0.6) is 0 Å². The van der Waals surface area contributed by atoms with E-state index in [2.05, 4.69) is 15.6 Å². The van der Waals surface area contributed by atoms with Crippen LogP contribution in [-0.4, -0.2) is 11.0 Å². The minimum atomic E-state index is -0.419. The summed E-state index contributed by atoms with van der Waals surface area (Å²) in [6, 6.07) is 8.98. The van der Waals surface area contributed by atoms with Crippen molar-refractivity contribution in [3.63, 3.8) is 0 Å². The monoisotopic (exact) mass is 259 g/mol. The first kappa shape index (κ1) is 13.0. The Balaban J connectivity index is 1.98. The number of rotatable bonds is 3. The average Bonchev–Trinajstić information content (AvgIpc) is 2.40. The van der Waals surface area contributed by atoms with Gasteiger partial charge in [0.15, 0.2) is 0 Å². The number of benzene rings is 1. The second-order valence-electron chi connectivity index (χ2n) is 4.08. The molecule has 1 unspecified atom stereocenters. The zero-order valence-corrected chi connectivity index (χ0v) is 10.4. The molecule has 0 radical (unpaired) electrons. The quantitative estimate of drug-likeness (QED) is 0.889. The average molecular weight is 259 g/mol. The van der Waals surface area contributed by atoms with Crippen LogP contribution < -0.4 is 10.6 Å². The van der Waals surface area contributed by atoms with Crippen LogP contribution in [0.2, 0.25) is 0 Å². The van der Waals surface area contributed by atoms with Gasteiger partial charge in [0.2, 0.25) is 0 Å². The summed E-state index contributed by atoms with van der Waals surface area (Å²) in [5, 5.41) is 5.29. The zero-order valence-electron chi connectivity index (χ0n) is 10.4. The Hall–Kier alpha value is -2.43. The van der Waals surface area contributed by atoms with Gasteiger partial charge in [0.25, 0.3) is 0 Å². The van der Waals surface area contributed by atoms with Crippen LogP contribution in [-0.2, 0) is 0 Å². The van der Waals surface area contributed by atoms with Crippen LogP contribution in [0, 0.1) is 5.82 Å². The molecule has 19 heavy (non-hydrogen) atoms. The Morgan fingerprint density at radius 2 is 2.05 bits per heavy atom. The maximum absolute atomic E-state index is 13.5. The summed E-state index contributed by atoms with van der Waals surface area (Å²) in [5.74, 6) is -0.336. The lowest BCUT2D eigenvalue weighted by Crippen LogP contribution is -2.31. The first-order valence-electron chi connectivity index (χ1n) is 5.89. The summed E-state index contributed by atoms with van der Waals surface area (Å²) in [5.41, 5.74) is 1.03. The molecule has 0 aliphatic carbocycles. The fourth-order valence-electron chi connectivity index (χ4n) is 1.70. The molecule has 2 amide bonds. The standard InChI is InChI=1S/C14H14FN3O/c1-10(12-6-2-3-7-13(12)15)17-14(19)18-11-5-4-8-16-9-11/h2-10H,1H3,(H2,17,18,19). The van der Waals surface area contributed by atoms with Gasteiger partial charge in [-0.25, -0.2) is 9.18 Å². The molecule has 0 bridgehead atoms. The SMILES string of the molecule is CC(NC(=O)Nc1cccnc1)c1ccccc1F. The van der Waals surface area contributed by atoms with Gasteiger partial charge in [0.1, 0.15) is 5.82 Å². The summed E-state index contributed by atoms with van der Waals surface area (Å²) < 4.78 is 13.5. The molecule has 2 aromatic rings. The van der Waals surface area contributed by atoms with Gasteiger partial charge in [-0.3, -0.25) is 4.98 Å². The van der Waals surface area contributed by atoms with Crippen LogP contribution in [0.15, 0.2) is 48.8 Å². The molecule has 0 saturated carbocycles. The smallest absolute Gasteiger partial charge is 0.319 e. The number of amides is 2. The molecule has 1 aromatic carbocycles. The zero-order chi connectivity index (χ0) is 13.7. The summed E-state index contributed by atoms with van der Waals surface area (Å²) in [4.78, 5) is 15.6. The van der Waals surface area contributed by atoms with Crippen LogP contribution in [0.3, 0.4) is 0 Å². The van der Waals surface area contributed by atoms with Crippen LogP contribution in [0.4, 0.5) is 14.9 Å². The number of nitrogens with zero attached hydrogens (tertiary/aromatic N) is 1. The molecule has 0 saturated heterocycles. The van der Waals surface area contributed by atoms with Gasteiger partial charge >= 0.3 is 6.03 Å². The maximum Gasteiger partial charge on any atom is 0.319 e. The van der Waals surface area contributed by atoms with Crippen molar-refractivity contribution in [3.05, 3.63) is 60.2 Å². The number of halogens is 1. The molecule has 5 heteroatoms. The molecule has 0 aliphatic heterocycles. The van der Waals surface area contributed by atoms with Gasteiger partial charge < -0.3 is 10.6 Å². The number of hydrogen-bond donors (Lipinski definition) is 2. The first-order valence-corrected chi connectivity index (χ1v) is 5.89. The molecule has 1 heterocycles. The molecule has 0 fully saturated rings. The van der Waals surface area contributed by atoms with E-state index in [0.29, 0.717) is 11.3 Å². The van der Waals surface area contributed by atoms with Gasteiger partial charge in [0.05, 0.1) is 17.9 Å². The van der Waals surface area contributed by atoms with E-state index in [0.717, 1.165) is 0 Å².